The van der Waals surface area contributed by atoms with Crippen LogP contribution in [0, 0.1) is 20.8 Å². The molecule has 1 saturated heterocycles. The van der Waals surface area contributed by atoms with E-state index in [4.69, 9.17) is 4.74 Å². The lowest BCUT2D eigenvalue weighted by atomic mass is 9.93. The summed E-state index contributed by atoms with van der Waals surface area (Å²) in [5.41, 5.74) is 4.73. The molecule has 3 heterocycles. The lowest BCUT2D eigenvalue weighted by molar-refractivity contribution is 0.0715. The van der Waals surface area contributed by atoms with Gasteiger partial charge < -0.3 is 15.0 Å². The number of hydrogen-bond acceptors (Lipinski definition) is 6. The van der Waals surface area contributed by atoms with Crippen LogP contribution in [0.2, 0.25) is 0 Å². The minimum absolute atomic E-state index is 0.0199. The number of thiophene rings is 2. The topological polar surface area (TPSA) is 61.9 Å². The molecule has 0 bridgehead atoms. The molecule has 1 aliphatic rings. The summed E-state index contributed by atoms with van der Waals surface area (Å²) in [5, 5.41) is 6.01. The van der Waals surface area contributed by atoms with Crippen LogP contribution in [0.3, 0.4) is 0 Å². The monoisotopic (exact) mass is 497 g/mol. The molecule has 1 N–H and O–H groups in total. The number of piperazine rings is 1. The first-order valence-electron chi connectivity index (χ1n) is 11.6. The van der Waals surface area contributed by atoms with Crippen molar-refractivity contribution in [2.24, 2.45) is 0 Å². The fourth-order valence-corrected chi connectivity index (χ4v) is 6.03. The number of aryl methyl sites for hydroxylation is 2. The Morgan fingerprint density at radius 2 is 1.76 bits per heavy atom. The van der Waals surface area contributed by atoms with Gasteiger partial charge in [0.15, 0.2) is 0 Å². The van der Waals surface area contributed by atoms with Gasteiger partial charge in [0.05, 0.1) is 17.5 Å². The maximum absolute atomic E-state index is 12.9. The summed E-state index contributed by atoms with van der Waals surface area (Å²) >= 11 is 3.07. The molecule has 0 aliphatic carbocycles. The molecular weight excluding hydrogens is 466 g/mol. The molecule has 8 heteroatoms. The van der Waals surface area contributed by atoms with Crippen molar-refractivity contribution in [3.8, 4) is 0 Å². The van der Waals surface area contributed by atoms with Crippen molar-refractivity contribution in [1.29, 1.82) is 0 Å². The van der Waals surface area contributed by atoms with E-state index in [0.29, 0.717) is 24.6 Å². The van der Waals surface area contributed by atoms with Gasteiger partial charge in [0.2, 0.25) is 0 Å². The van der Waals surface area contributed by atoms with E-state index in [1.54, 1.807) is 16.2 Å². The lowest BCUT2D eigenvalue weighted by Gasteiger charge is -2.39. The Balaban J connectivity index is 1.68. The Morgan fingerprint density at radius 3 is 2.38 bits per heavy atom. The number of anilines is 1. The summed E-state index contributed by atoms with van der Waals surface area (Å²) in [6, 6.07) is 12.3. The van der Waals surface area contributed by atoms with Crippen LogP contribution < -0.4 is 5.32 Å². The van der Waals surface area contributed by atoms with Crippen LogP contribution >= 0.6 is 22.7 Å². The Morgan fingerprint density at radius 1 is 1.06 bits per heavy atom. The molecule has 0 radical (unpaired) electrons. The van der Waals surface area contributed by atoms with Gasteiger partial charge in [-0.1, -0.05) is 35.9 Å². The van der Waals surface area contributed by atoms with Crippen LogP contribution in [0.25, 0.3) is 0 Å². The minimum atomic E-state index is -0.250. The van der Waals surface area contributed by atoms with E-state index in [-0.39, 0.29) is 18.0 Å². The second-order valence-electron chi connectivity index (χ2n) is 8.49. The van der Waals surface area contributed by atoms with E-state index in [0.717, 1.165) is 23.7 Å². The number of carbonyl (C=O) groups is 2. The average molecular weight is 498 g/mol. The maximum atomic E-state index is 12.9. The molecule has 1 unspecified atom stereocenters. The molecule has 1 aromatic carbocycles. The van der Waals surface area contributed by atoms with Crippen LogP contribution in [0.5, 0.6) is 0 Å². The highest BCUT2D eigenvalue weighted by Gasteiger charge is 2.33. The summed E-state index contributed by atoms with van der Waals surface area (Å²) < 4.78 is 5.20. The van der Waals surface area contributed by atoms with Crippen molar-refractivity contribution in [2.75, 3.05) is 38.1 Å². The largest absolute Gasteiger partial charge is 0.450 e. The minimum Gasteiger partial charge on any atom is -0.450 e. The number of benzene rings is 1. The molecule has 1 aliphatic heterocycles. The van der Waals surface area contributed by atoms with E-state index in [2.05, 4.69) is 55.3 Å². The molecule has 1 atom stereocenters. The number of nitrogens with one attached hydrogen (secondary N) is 1. The SMILES string of the molecule is CCOC(=O)N1CCN(C(c2ccc(C)cc2)c2c(NC(=O)c3cccs3)sc(C)c2C)CC1. The van der Waals surface area contributed by atoms with Crippen molar-refractivity contribution in [1.82, 2.24) is 9.80 Å². The molecule has 2 aromatic heterocycles. The van der Waals surface area contributed by atoms with Crippen LogP contribution in [-0.4, -0.2) is 54.6 Å². The molecule has 0 spiro atoms. The lowest BCUT2D eigenvalue weighted by Crippen LogP contribution is -2.50. The maximum Gasteiger partial charge on any atom is 0.409 e. The van der Waals surface area contributed by atoms with Gasteiger partial charge in [-0.15, -0.1) is 22.7 Å². The molecule has 180 valence electrons. The van der Waals surface area contributed by atoms with Gasteiger partial charge in [0.1, 0.15) is 5.00 Å². The van der Waals surface area contributed by atoms with Gasteiger partial charge in [0, 0.05) is 36.6 Å². The summed E-state index contributed by atoms with van der Waals surface area (Å²) in [6.07, 6.45) is -0.250. The first-order valence-corrected chi connectivity index (χ1v) is 13.3. The molecule has 6 nitrogen and oxygen atoms in total. The van der Waals surface area contributed by atoms with Crippen LogP contribution in [0.4, 0.5) is 9.80 Å². The van der Waals surface area contributed by atoms with Crippen molar-refractivity contribution in [3.05, 3.63) is 73.8 Å². The number of ether oxygens (including phenoxy) is 1. The second kappa shape index (κ2) is 10.7. The van der Waals surface area contributed by atoms with Crippen molar-refractivity contribution in [3.63, 3.8) is 0 Å². The zero-order valence-corrected chi connectivity index (χ0v) is 21.7. The van der Waals surface area contributed by atoms with Crippen LogP contribution in [-0.2, 0) is 4.74 Å². The zero-order chi connectivity index (χ0) is 24.2. The highest BCUT2D eigenvalue weighted by Crippen LogP contribution is 2.42. The third kappa shape index (κ3) is 5.19. The standard InChI is InChI=1S/C26H31N3O3S2/c1-5-32-26(31)29-14-12-28(13-15-29)23(20-10-8-17(2)9-11-20)22-18(3)19(4)34-25(22)27-24(30)21-7-6-16-33-21/h6-11,16,23H,5,12-15H2,1-4H3,(H,27,30). The van der Waals surface area contributed by atoms with Gasteiger partial charge in [-0.3, -0.25) is 9.69 Å². The Bertz CT molecular complexity index is 1130. The van der Waals surface area contributed by atoms with E-state index in [1.165, 1.54) is 32.9 Å². The number of nitrogens with zero attached hydrogens (tertiary/aromatic N) is 2. The molecule has 4 rings (SSSR count). The quantitative estimate of drug-likeness (QED) is 0.464. The smallest absolute Gasteiger partial charge is 0.409 e. The van der Waals surface area contributed by atoms with Gasteiger partial charge >= 0.3 is 6.09 Å². The Labute approximate surface area is 209 Å². The van der Waals surface area contributed by atoms with Gasteiger partial charge in [-0.2, -0.15) is 0 Å². The van der Waals surface area contributed by atoms with E-state index >= 15 is 0 Å². The van der Waals surface area contributed by atoms with Crippen molar-refractivity contribution in [2.45, 2.75) is 33.7 Å². The summed E-state index contributed by atoms with van der Waals surface area (Å²) in [4.78, 5) is 31.3. The molecular formula is C26H31N3O3S2. The summed E-state index contributed by atoms with van der Waals surface area (Å²) in [7, 11) is 0. The average Bonchev–Trinajstić information content (AvgIpc) is 3.46. The Kier molecular flexibility index (Phi) is 7.70. The number of rotatable bonds is 6. The molecule has 0 saturated carbocycles. The molecule has 1 fully saturated rings. The van der Waals surface area contributed by atoms with Gasteiger partial charge in [0.25, 0.3) is 5.91 Å². The van der Waals surface area contributed by atoms with Gasteiger partial charge in [-0.05, 0) is 50.3 Å². The zero-order valence-electron chi connectivity index (χ0n) is 20.1. The number of carbonyl (C=O) groups excluding carboxylic acids is 2. The fourth-order valence-electron chi connectivity index (χ4n) is 4.33. The molecule has 2 amide bonds. The van der Waals surface area contributed by atoms with Crippen molar-refractivity contribution >= 4 is 39.7 Å². The molecule has 34 heavy (non-hydrogen) atoms. The summed E-state index contributed by atoms with van der Waals surface area (Å²) in [6.45, 7) is 11.2. The first-order chi connectivity index (χ1) is 16.4. The van der Waals surface area contributed by atoms with Crippen LogP contribution in [0.15, 0.2) is 41.8 Å². The third-order valence-corrected chi connectivity index (χ3v) is 8.28. The van der Waals surface area contributed by atoms with Crippen LogP contribution in [0.1, 0.15) is 49.8 Å². The molecule has 3 aromatic rings. The summed E-state index contributed by atoms with van der Waals surface area (Å²) in [5.74, 6) is -0.0766. The highest BCUT2D eigenvalue weighted by atomic mass is 32.1. The van der Waals surface area contributed by atoms with E-state index in [1.807, 2.05) is 24.4 Å². The fraction of sp³-hybridized carbons (Fsp3) is 0.385. The second-order valence-corrected chi connectivity index (χ2v) is 10.7. The first kappa shape index (κ1) is 24.4. The van der Waals surface area contributed by atoms with Crippen molar-refractivity contribution < 1.29 is 14.3 Å². The highest BCUT2D eigenvalue weighted by molar-refractivity contribution is 7.17. The van der Waals surface area contributed by atoms with E-state index < -0.39 is 0 Å². The van der Waals surface area contributed by atoms with Gasteiger partial charge in [-0.25, -0.2) is 4.79 Å². The predicted molar refractivity (Wildman–Crippen MR) is 139 cm³/mol. The number of hydrogen-bond donors (Lipinski definition) is 1. The Hall–Kier alpha value is -2.68. The normalized spacial score (nSPS) is 15.2. The third-order valence-electron chi connectivity index (χ3n) is 6.28. The number of amides is 2. The van der Waals surface area contributed by atoms with E-state index in [9.17, 15) is 9.59 Å². The predicted octanol–water partition coefficient (Wildman–Crippen LogP) is 5.85.